The number of carbonyl (C=O) groups excluding carboxylic acids is 1. The van der Waals surface area contributed by atoms with Gasteiger partial charge in [0.1, 0.15) is 6.04 Å². The second-order valence-corrected chi connectivity index (χ2v) is 8.19. The molecule has 0 aromatic heterocycles. The first-order chi connectivity index (χ1) is 12.0. The predicted octanol–water partition coefficient (Wildman–Crippen LogP) is 3.18. The fourth-order valence-corrected chi connectivity index (χ4v) is 4.72. The lowest BCUT2D eigenvalue weighted by Gasteiger charge is -2.33. The number of benzene rings is 2. The Morgan fingerprint density at radius 2 is 1.72 bits per heavy atom. The highest BCUT2D eigenvalue weighted by molar-refractivity contribution is 7.89. The van der Waals surface area contributed by atoms with Gasteiger partial charge in [0.25, 0.3) is 0 Å². The van der Waals surface area contributed by atoms with Crippen LogP contribution in [0.1, 0.15) is 24.8 Å². The first-order valence-electron chi connectivity index (χ1n) is 8.43. The lowest BCUT2D eigenvalue weighted by Crippen LogP contribution is -2.49. The standard InChI is InChI=1S/C19H22N2O3S/c1-15-10-12-16(13-11-15)20-19(22)18-9-5-6-14-21(18)25(23,24)17-7-3-2-4-8-17/h2-4,7-8,10-13,18H,5-6,9,14H2,1H3,(H,20,22)/t18-/m1/s1. The quantitative estimate of drug-likeness (QED) is 0.913. The van der Waals surface area contributed by atoms with Crippen molar-refractivity contribution in [3.63, 3.8) is 0 Å². The van der Waals surface area contributed by atoms with Crippen molar-refractivity contribution in [3.05, 3.63) is 60.2 Å². The lowest BCUT2D eigenvalue weighted by atomic mass is 10.0. The summed E-state index contributed by atoms with van der Waals surface area (Å²) in [5, 5.41) is 2.85. The van der Waals surface area contributed by atoms with Crippen LogP contribution in [0, 0.1) is 6.92 Å². The zero-order valence-corrected chi connectivity index (χ0v) is 15.0. The number of piperidine rings is 1. The number of hydrogen-bond donors (Lipinski definition) is 1. The molecule has 1 saturated heterocycles. The largest absolute Gasteiger partial charge is 0.325 e. The third-order valence-electron chi connectivity index (χ3n) is 4.43. The Hall–Kier alpha value is -2.18. The molecule has 5 nitrogen and oxygen atoms in total. The summed E-state index contributed by atoms with van der Waals surface area (Å²) in [4.78, 5) is 13.0. The third-order valence-corrected chi connectivity index (χ3v) is 6.35. The molecule has 0 bridgehead atoms. The second-order valence-electron chi connectivity index (χ2n) is 6.30. The first-order valence-corrected chi connectivity index (χ1v) is 9.87. The zero-order chi connectivity index (χ0) is 17.9. The number of carbonyl (C=O) groups is 1. The molecule has 0 spiro atoms. The molecule has 3 rings (SSSR count). The predicted molar refractivity (Wildman–Crippen MR) is 97.8 cm³/mol. The number of rotatable bonds is 4. The number of aryl methyl sites for hydroxylation is 1. The minimum atomic E-state index is -3.68. The van der Waals surface area contributed by atoms with E-state index in [0.29, 0.717) is 18.7 Å². The number of amides is 1. The molecule has 1 aliphatic heterocycles. The molecule has 1 N–H and O–H groups in total. The maximum absolute atomic E-state index is 12.9. The fourth-order valence-electron chi connectivity index (χ4n) is 3.05. The molecule has 1 amide bonds. The van der Waals surface area contributed by atoms with Crippen molar-refractivity contribution in [2.45, 2.75) is 37.1 Å². The van der Waals surface area contributed by atoms with Gasteiger partial charge in [0.05, 0.1) is 4.90 Å². The minimum absolute atomic E-state index is 0.227. The van der Waals surface area contributed by atoms with Crippen LogP contribution in [0.2, 0.25) is 0 Å². The Balaban J connectivity index is 1.83. The minimum Gasteiger partial charge on any atom is -0.325 e. The van der Waals surface area contributed by atoms with Crippen LogP contribution in [0.3, 0.4) is 0 Å². The second kappa shape index (κ2) is 7.37. The van der Waals surface area contributed by atoms with Crippen LogP contribution < -0.4 is 5.32 Å². The molecule has 0 radical (unpaired) electrons. The number of nitrogens with zero attached hydrogens (tertiary/aromatic N) is 1. The van der Waals surface area contributed by atoms with E-state index >= 15 is 0 Å². The topological polar surface area (TPSA) is 66.5 Å². The number of hydrogen-bond acceptors (Lipinski definition) is 3. The van der Waals surface area contributed by atoms with E-state index in [1.165, 1.54) is 4.31 Å². The number of sulfonamides is 1. The molecule has 2 aromatic carbocycles. The van der Waals surface area contributed by atoms with E-state index in [9.17, 15) is 13.2 Å². The third kappa shape index (κ3) is 3.91. The van der Waals surface area contributed by atoms with E-state index < -0.39 is 16.1 Å². The van der Waals surface area contributed by atoms with E-state index in [1.54, 1.807) is 30.3 Å². The van der Waals surface area contributed by atoms with E-state index in [1.807, 2.05) is 31.2 Å². The van der Waals surface area contributed by atoms with Crippen LogP contribution in [0.25, 0.3) is 0 Å². The van der Waals surface area contributed by atoms with Gasteiger partial charge in [-0.3, -0.25) is 4.79 Å². The average molecular weight is 358 g/mol. The maximum Gasteiger partial charge on any atom is 0.243 e. The first kappa shape index (κ1) is 17.6. The molecule has 2 aromatic rings. The summed E-state index contributed by atoms with van der Waals surface area (Å²) in [5.41, 5.74) is 1.78. The van der Waals surface area contributed by atoms with Crippen molar-refractivity contribution in [1.82, 2.24) is 4.31 Å². The van der Waals surface area contributed by atoms with Crippen LogP contribution in [0.5, 0.6) is 0 Å². The highest BCUT2D eigenvalue weighted by atomic mass is 32.2. The number of anilines is 1. The van der Waals surface area contributed by atoms with Gasteiger partial charge in [-0.1, -0.05) is 42.3 Å². The zero-order valence-electron chi connectivity index (χ0n) is 14.2. The van der Waals surface area contributed by atoms with E-state index in [4.69, 9.17) is 0 Å². The van der Waals surface area contributed by atoms with Gasteiger partial charge in [-0.25, -0.2) is 8.42 Å². The lowest BCUT2D eigenvalue weighted by molar-refractivity contribution is -0.120. The van der Waals surface area contributed by atoms with Crippen molar-refractivity contribution in [1.29, 1.82) is 0 Å². The molecule has 1 atom stereocenters. The molecule has 132 valence electrons. The molecule has 25 heavy (non-hydrogen) atoms. The summed E-state index contributed by atoms with van der Waals surface area (Å²) in [7, 11) is -3.68. The Labute approximate surface area is 148 Å². The van der Waals surface area contributed by atoms with Gasteiger partial charge in [0.2, 0.25) is 15.9 Å². The Kier molecular flexibility index (Phi) is 5.20. The van der Waals surface area contributed by atoms with Crippen LogP contribution >= 0.6 is 0 Å². The maximum atomic E-state index is 12.9. The summed E-state index contributed by atoms with van der Waals surface area (Å²) in [6.07, 6.45) is 2.14. The summed E-state index contributed by atoms with van der Waals surface area (Å²) < 4.78 is 27.2. The summed E-state index contributed by atoms with van der Waals surface area (Å²) in [5.74, 6) is -0.275. The summed E-state index contributed by atoms with van der Waals surface area (Å²) >= 11 is 0. The smallest absolute Gasteiger partial charge is 0.243 e. The van der Waals surface area contributed by atoms with Crippen molar-refractivity contribution in [2.24, 2.45) is 0 Å². The van der Waals surface area contributed by atoms with Gasteiger partial charge in [0.15, 0.2) is 0 Å². The number of nitrogens with one attached hydrogen (secondary N) is 1. The van der Waals surface area contributed by atoms with Crippen molar-refractivity contribution < 1.29 is 13.2 Å². The van der Waals surface area contributed by atoms with Crippen LogP contribution in [-0.4, -0.2) is 31.2 Å². The molecular formula is C19H22N2O3S. The van der Waals surface area contributed by atoms with E-state index in [-0.39, 0.29) is 10.8 Å². The Morgan fingerprint density at radius 3 is 2.40 bits per heavy atom. The molecule has 1 fully saturated rings. The van der Waals surface area contributed by atoms with E-state index in [0.717, 1.165) is 18.4 Å². The van der Waals surface area contributed by atoms with Gasteiger partial charge < -0.3 is 5.32 Å². The van der Waals surface area contributed by atoms with Gasteiger partial charge in [-0.05, 0) is 44.0 Å². The SMILES string of the molecule is Cc1ccc(NC(=O)[C@H]2CCCCN2S(=O)(=O)c2ccccc2)cc1. The summed E-state index contributed by atoms with van der Waals surface area (Å²) in [6.45, 7) is 2.34. The Morgan fingerprint density at radius 1 is 1.04 bits per heavy atom. The average Bonchev–Trinajstić information content (AvgIpc) is 2.64. The van der Waals surface area contributed by atoms with Gasteiger partial charge in [-0.2, -0.15) is 4.31 Å². The highest BCUT2D eigenvalue weighted by Crippen LogP contribution is 2.26. The normalized spacial score (nSPS) is 18.7. The molecule has 0 aliphatic carbocycles. The van der Waals surface area contributed by atoms with Crippen molar-refractivity contribution in [2.75, 3.05) is 11.9 Å². The summed E-state index contributed by atoms with van der Waals surface area (Å²) in [6, 6.07) is 15.1. The molecule has 6 heteroatoms. The van der Waals surface area contributed by atoms with Crippen molar-refractivity contribution in [3.8, 4) is 0 Å². The van der Waals surface area contributed by atoms with Crippen LogP contribution in [-0.2, 0) is 14.8 Å². The highest BCUT2D eigenvalue weighted by Gasteiger charge is 2.37. The monoisotopic (exact) mass is 358 g/mol. The van der Waals surface area contributed by atoms with Crippen molar-refractivity contribution >= 4 is 21.6 Å². The van der Waals surface area contributed by atoms with E-state index in [2.05, 4.69) is 5.32 Å². The van der Waals surface area contributed by atoms with Gasteiger partial charge >= 0.3 is 0 Å². The molecule has 0 unspecified atom stereocenters. The van der Waals surface area contributed by atoms with Gasteiger partial charge in [-0.15, -0.1) is 0 Å². The fraction of sp³-hybridized carbons (Fsp3) is 0.316. The van der Waals surface area contributed by atoms with Gasteiger partial charge in [0, 0.05) is 12.2 Å². The molecule has 1 aliphatic rings. The molecule has 1 heterocycles. The van der Waals surface area contributed by atoms with Crippen LogP contribution in [0.4, 0.5) is 5.69 Å². The Bertz CT molecular complexity index is 833. The molecule has 0 saturated carbocycles. The molecular weight excluding hydrogens is 336 g/mol. The van der Waals surface area contributed by atoms with Crippen LogP contribution in [0.15, 0.2) is 59.5 Å².